The number of nitrogens with one attached hydrogen (secondary N) is 2. The summed E-state index contributed by atoms with van der Waals surface area (Å²) in [5.41, 5.74) is 0. The number of aliphatic imine (C=N–C) groups is 1. The number of thioether (sulfide) groups is 1. The molecule has 0 bridgehead atoms. The summed E-state index contributed by atoms with van der Waals surface area (Å²) >= 11 is 3.58. The molecule has 0 fully saturated rings. The van der Waals surface area contributed by atoms with E-state index in [1.54, 1.807) is 12.3 Å². The number of amidine groups is 1. The highest BCUT2D eigenvalue weighted by Gasteiger charge is 2.09. The average molecular weight is 362 g/mol. The molecule has 0 unspecified atom stereocenters. The van der Waals surface area contributed by atoms with Gasteiger partial charge in [-0.05, 0) is 34.7 Å². The van der Waals surface area contributed by atoms with Crippen LogP contribution in [0.4, 0.5) is 5.82 Å². The van der Waals surface area contributed by atoms with Crippen molar-refractivity contribution in [2.75, 3.05) is 24.2 Å². The van der Waals surface area contributed by atoms with Gasteiger partial charge in [0.15, 0.2) is 5.17 Å². The minimum atomic E-state index is -0.0693. The molecule has 0 aromatic carbocycles. The van der Waals surface area contributed by atoms with Crippen molar-refractivity contribution in [2.45, 2.75) is 0 Å². The number of amides is 1. The molecule has 0 atom stereocenters. The zero-order valence-electron chi connectivity index (χ0n) is 8.94. The molecule has 1 aromatic rings. The number of carbonyl (C=O) groups excluding carboxylic acids is 1. The fourth-order valence-corrected chi connectivity index (χ4v) is 2.28. The number of anilines is 1. The van der Waals surface area contributed by atoms with Gasteiger partial charge in [0, 0.05) is 16.3 Å². The van der Waals surface area contributed by atoms with Gasteiger partial charge in [-0.2, -0.15) is 0 Å². The third-order valence-electron chi connectivity index (χ3n) is 1.98. The van der Waals surface area contributed by atoms with Crippen molar-refractivity contribution in [2.24, 2.45) is 4.99 Å². The third-order valence-corrected chi connectivity index (χ3v) is 3.57. The predicted octanol–water partition coefficient (Wildman–Crippen LogP) is 1.32. The molecule has 1 aliphatic rings. The van der Waals surface area contributed by atoms with Crippen molar-refractivity contribution < 1.29 is 4.79 Å². The Balaban J connectivity index is 1.78. The van der Waals surface area contributed by atoms with E-state index in [0.29, 0.717) is 11.6 Å². The molecule has 1 aromatic heterocycles. The summed E-state index contributed by atoms with van der Waals surface area (Å²) in [6, 6.07) is 3.69. The van der Waals surface area contributed by atoms with Crippen molar-refractivity contribution in [3.63, 3.8) is 0 Å². The maximum Gasteiger partial charge on any atom is 0.236 e. The maximum absolute atomic E-state index is 11.6. The van der Waals surface area contributed by atoms with Crippen LogP contribution in [-0.4, -0.2) is 34.9 Å². The first-order chi connectivity index (χ1) is 8.24. The number of hydrogen-bond acceptors (Lipinski definition) is 5. The molecule has 2 N–H and O–H groups in total. The Morgan fingerprint density at radius 2 is 2.47 bits per heavy atom. The molecular weight excluding hydrogens is 351 g/mol. The molecule has 0 radical (unpaired) electrons. The molecule has 90 valence electrons. The van der Waals surface area contributed by atoms with Crippen LogP contribution in [-0.2, 0) is 4.79 Å². The topological polar surface area (TPSA) is 66.4 Å². The van der Waals surface area contributed by atoms with Gasteiger partial charge in [0.2, 0.25) is 5.91 Å². The van der Waals surface area contributed by atoms with E-state index in [1.165, 1.54) is 11.8 Å². The zero-order chi connectivity index (χ0) is 12.1. The fourth-order valence-electron chi connectivity index (χ4n) is 1.24. The fraction of sp³-hybridized carbons (Fsp3) is 0.300. The van der Waals surface area contributed by atoms with Gasteiger partial charge in [-0.1, -0.05) is 11.8 Å². The van der Waals surface area contributed by atoms with Crippen molar-refractivity contribution in [1.82, 2.24) is 10.3 Å². The van der Waals surface area contributed by atoms with E-state index in [2.05, 4.69) is 43.2 Å². The Kier molecular flexibility index (Phi) is 4.60. The zero-order valence-corrected chi connectivity index (χ0v) is 11.9. The standard InChI is InChI=1S/C10H11IN4OS/c11-7-1-2-8(14-5-7)15-9(16)6-17-10-12-3-4-13-10/h1-2,5H,3-4,6H2,(H,12,13)(H,14,15,16). The van der Waals surface area contributed by atoms with E-state index in [4.69, 9.17) is 0 Å². The first kappa shape index (κ1) is 12.6. The van der Waals surface area contributed by atoms with Gasteiger partial charge < -0.3 is 10.6 Å². The minimum Gasteiger partial charge on any atom is -0.363 e. The first-order valence-electron chi connectivity index (χ1n) is 5.06. The van der Waals surface area contributed by atoms with Crippen molar-refractivity contribution in [1.29, 1.82) is 0 Å². The lowest BCUT2D eigenvalue weighted by Gasteiger charge is -2.04. The molecule has 2 heterocycles. The van der Waals surface area contributed by atoms with Crippen molar-refractivity contribution >= 4 is 51.2 Å². The van der Waals surface area contributed by atoms with Crippen LogP contribution in [0, 0.1) is 3.57 Å². The number of hydrogen-bond donors (Lipinski definition) is 2. The largest absolute Gasteiger partial charge is 0.363 e. The molecule has 0 aliphatic carbocycles. The van der Waals surface area contributed by atoms with Crippen LogP contribution in [0.3, 0.4) is 0 Å². The second-order valence-corrected chi connectivity index (χ2v) is 5.52. The second kappa shape index (κ2) is 6.20. The molecule has 7 heteroatoms. The van der Waals surface area contributed by atoms with Crippen LogP contribution in [0.5, 0.6) is 0 Å². The molecule has 0 saturated heterocycles. The van der Waals surface area contributed by atoms with E-state index >= 15 is 0 Å². The van der Waals surface area contributed by atoms with Gasteiger partial charge in [0.1, 0.15) is 5.82 Å². The Morgan fingerprint density at radius 1 is 1.59 bits per heavy atom. The van der Waals surface area contributed by atoms with Crippen LogP contribution < -0.4 is 10.6 Å². The number of nitrogens with zero attached hydrogens (tertiary/aromatic N) is 2. The van der Waals surface area contributed by atoms with E-state index < -0.39 is 0 Å². The van der Waals surface area contributed by atoms with E-state index in [0.717, 1.165) is 21.8 Å². The first-order valence-corrected chi connectivity index (χ1v) is 7.13. The van der Waals surface area contributed by atoms with Gasteiger partial charge in [0.25, 0.3) is 0 Å². The molecule has 5 nitrogen and oxygen atoms in total. The number of aromatic nitrogens is 1. The quantitative estimate of drug-likeness (QED) is 0.796. The van der Waals surface area contributed by atoms with Crippen LogP contribution in [0.2, 0.25) is 0 Å². The average Bonchev–Trinajstić information content (AvgIpc) is 2.83. The summed E-state index contributed by atoms with van der Waals surface area (Å²) in [5, 5.41) is 6.68. The number of rotatable bonds is 3. The van der Waals surface area contributed by atoms with Gasteiger partial charge >= 0.3 is 0 Å². The number of pyridine rings is 1. The summed E-state index contributed by atoms with van der Waals surface area (Å²) in [6.45, 7) is 1.66. The normalized spacial score (nSPS) is 14.1. The summed E-state index contributed by atoms with van der Waals surface area (Å²) in [7, 11) is 0. The van der Waals surface area contributed by atoms with Crippen molar-refractivity contribution in [3.8, 4) is 0 Å². The van der Waals surface area contributed by atoms with E-state index in [9.17, 15) is 4.79 Å². The lowest BCUT2D eigenvalue weighted by molar-refractivity contribution is -0.113. The summed E-state index contributed by atoms with van der Waals surface area (Å²) in [5.74, 6) is 0.858. The molecule has 0 saturated carbocycles. The highest BCUT2D eigenvalue weighted by molar-refractivity contribution is 14.1. The van der Waals surface area contributed by atoms with Crippen molar-refractivity contribution in [3.05, 3.63) is 21.9 Å². The molecule has 17 heavy (non-hydrogen) atoms. The number of carbonyl (C=O) groups is 1. The lowest BCUT2D eigenvalue weighted by Crippen LogP contribution is -2.20. The van der Waals surface area contributed by atoms with E-state index in [-0.39, 0.29) is 5.91 Å². The molecule has 1 amide bonds. The number of halogens is 1. The van der Waals surface area contributed by atoms with Crippen LogP contribution in [0.25, 0.3) is 0 Å². The van der Waals surface area contributed by atoms with Crippen LogP contribution >= 0.6 is 34.4 Å². The monoisotopic (exact) mass is 362 g/mol. The Bertz CT molecular complexity index is 434. The summed E-state index contributed by atoms with van der Waals surface area (Å²) < 4.78 is 1.04. The highest BCUT2D eigenvalue weighted by atomic mass is 127. The molecular formula is C10H11IN4OS. The maximum atomic E-state index is 11.6. The Labute approximate surface area is 117 Å². The molecule has 1 aliphatic heterocycles. The second-order valence-electron chi connectivity index (χ2n) is 3.31. The Morgan fingerprint density at radius 3 is 3.12 bits per heavy atom. The van der Waals surface area contributed by atoms with Gasteiger partial charge in [0.05, 0.1) is 12.3 Å². The Hall–Kier alpha value is -0.830. The van der Waals surface area contributed by atoms with E-state index in [1.807, 2.05) is 6.07 Å². The highest BCUT2D eigenvalue weighted by Crippen LogP contribution is 2.09. The third kappa shape index (κ3) is 4.15. The van der Waals surface area contributed by atoms with Crippen LogP contribution in [0.1, 0.15) is 0 Å². The molecule has 0 spiro atoms. The smallest absolute Gasteiger partial charge is 0.236 e. The minimum absolute atomic E-state index is 0.0693. The van der Waals surface area contributed by atoms with Gasteiger partial charge in [-0.3, -0.25) is 9.79 Å². The summed E-state index contributed by atoms with van der Waals surface area (Å²) in [6.07, 6.45) is 1.71. The van der Waals surface area contributed by atoms with Gasteiger partial charge in [-0.15, -0.1) is 0 Å². The lowest BCUT2D eigenvalue weighted by atomic mass is 10.4. The predicted molar refractivity (Wildman–Crippen MR) is 78.3 cm³/mol. The van der Waals surface area contributed by atoms with Gasteiger partial charge in [-0.25, -0.2) is 4.98 Å². The summed E-state index contributed by atoms with van der Waals surface area (Å²) in [4.78, 5) is 19.9. The van der Waals surface area contributed by atoms with Crippen LogP contribution in [0.15, 0.2) is 23.3 Å². The molecule has 2 rings (SSSR count). The SMILES string of the molecule is O=C(CSC1=NCCN1)Nc1ccc(I)cn1.